The van der Waals surface area contributed by atoms with Crippen molar-refractivity contribution in [2.75, 3.05) is 5.75 Å². The molecule has 0 aromatic heterocycles. The predicted octanol–water partition coefficient (Wildman–Crippen LogP) is 3.08. The molecule has 1 atom stereocenters. The number of carbonyl (C=O) groups is 1. The van der Waals surface area contributed by atoms with E-state index in [1.54, 1.807) is 0 Å². The van der Waals surface area contributed by atoms with Crippen molar-refractivity contribution in [3.05, 3.63) is 33.3 Å². The van der Waals surface area contributed by atoms with Gasteiger partial charge in [-0.05, 0) is 18.2 Å². The highest BCUT2D eigenvalue weighted by Gasteiger charge is 2.45. The normalized spacial score (nSPS) is 13.8. The second-order valence-corrected chi connectivity index (χ2v) is 6.63. The van der Waals surface area contributed by atoms with Crippen molar-refractivity contribution in [2.45, 2.75) is 12.3 Å². The highest BCUT2D eigenvalue weighted by molar-refractivity contribution is 9.10. The van der Waals surface area contributed by atoms with E-state index in [2.05, 4.69) is 20.7 Å². The lowest BCUT2D eigenvalue weighted by atomic mass is 10.2. The van der Waals surface area contributed by atoms with Crippen molar-refractivity contribution >= 4 is 43.6 Å². The first-order chi connectivity index (χ1) is 9.40. The molecule has 0 spiro atoms. The van der Waals surface area contributed by atoms with Crippen LogP contribution < -0.4 is 0 Å². The fraction of sp³-hybridized carbons (Fsp3) is 0.300. The lowest BCUT2D eigenvalue weighted by molar-refractivity contribution is -0.197. The summed E-state index contributed by atoms with van der Waals surface area (Å²) in [6.45, 7) is 0. The smallest absolute Gasteiger partial charge is 0.426 e. The molecule has 5 nitrogen and oxygen atoms in total. The largest absolute Gasteiger partial charge is 0.448 e. The third-order valence-electron chi connectivity index (χ3n) is 2.12. The van der Waals surface area contributed by atoms with Crippen LogP contribution in [0.5, 0.6) is 0 Å². The quantitative estimate of drug-likeness (QED) is 0.608. The molecule has 0 aliphatic heterocycles. The molecule has 0 saturated carbocycles. The summed E-state index contributed by atoms with van der Waals surface area (Å²) in [6.07, 6.45) is -8.17. The summed E-state index contributed by atoms with van der Waals surface area (Å²) in [6, 6.07) is 3.80. The summed E-state index contributed by atoms with van der Waals surface area (Å²) in [5.41, 5.74) is -0.379. The molecule has 0 saturated heterocycles. The van der Waals surface area contributed by atoms with Gasteiger partial charge in [-0.3, -0.25) is 4.55 Å². The van der Waals surface area contributed by atoms with Crippen molar-refractivity contribution in [2.24, 2.45) is 0 Å². The molecule has 118 valence electrons. The van der Waals surface area contributed by atoms with Crippen LogP contribution in [0, 0.1) is 0 Å². The second-order valence-electron chi connectivity index (χ2n) is 3.81. The molecule has 1 aromatic rings. The fourth-order valence-corrected chi connectivity index (χ4v) is 2.43. The molecule has 0 heterocycles. The highest BCUT2D eigenvalue weighted by atomic mass is 79.9. The van der Waals surface area contributed by atoms with Crippen LogP contribution >= 0.6 is 27.5 Å². The molecule has 1 aromatic carbocycles. The number of hydrogen-bond donors (Lipinski definition) is 1. The van der Waals surface area contributed by atoms with Crippen LogP contribution in [0.2, 0.25) is 5.02 Å². The summed E-state index contributed by atoms with van der Waals surface area (Å²) in [5, 5.41) is -0.170. The van der Waals surface area contributed by atoms with E-state index in [1.807, 2.05) is 0 Å². The zero-order chi connectivity index (χ0) is 16.4. The second kappa shape index (κ2) is 6.51. The molecule has 0 aliphatic carbocycles. The Morgan fingerprint density at radius 2 is 2.00 bits per heavy atom. The molecule has 0 bridgehead atoms. The third-order valence-corrected chi connectivity index (χ3v) is 3.67. The summed E-state index contributed by atoms with van der Waals surface area (Å²) in [4.78, 5) is 11.7. The van der Waals surface area contributed by atoms with Gasteiger partial charge in [-0.15, -0.1) is 0 Å². The summed E-state index contributed by atoms with van der Waals surface area (Å²) in [7, 11) is -4.99. The lowest BCUT2D eigenvalue weighted by Gasteiger charge is -2.19. The van der Waals surface area contributed by atoms with Crippen LogP contribution in [0.3, 0.4) is 0 Å². The van der Waals surface area contributed by atoms with Crippen molar-refractivity contribution in [3.63, 3.8) is 0 Å². The standard InChI is InChI=1S/C10H7BrClF3O5S/c11-5-1-2-7(12)6(3-5)9(16)20-8(10(13,14)15)4-21(17,18)19/h1-3,8H,4H2,(H,17,18,19). The number of esters is 1. The van der Waals surface area contributed by atoms with Gasteiger partial charge in [0.25, 0.3) is 10.1 Å². The van der Waals surface area contributed by atoms with Crippen molar-refractivity contribution in [1.82, 2.24) is 0 Å². The number of carbonyl (C=O) groups excluding carboxylic acids is 1. The maximum atomic E-state index is 12.6. The maximum Gasteiger partial charge on any atom is 0.426 e. The van der Waals surface area contributed by atoms with E-state index >= 15 is 0 Å². The maximum absolute atomic E-state index is 12.6. The van der Waals surface area contributed by atoms with Gasteiger partial charge >= 0.3 is 12.1 Å². The van der Waals surface area contributed by atoms with E-state index in [9.17, 15) is 26.4 Å². The van der Waals surface area contributed by atoms with Gasteiger partial charge < -0.3 is 4.74 Å². The summed E-state index contributed by atoms with van der Waals surface area (Å²) in [5.74, 6) is -3.26. The molecule has 11 heteroatoms. The van der Waals surface area contributed by atoms with Crippen LogP contribution in [-0.4, -0.2) is 37.0 Å². The molecule has 0 aliphatic rings. The average molecular weight is 412 g/mol. The van der Waals surface area contributed by atoms with Gasteiger partial charge in [-0.1, -0.05) is 27.5 Å². The Morgan fingerprint density at radius 1 is 1.43 bits per heavy atom. The zero-order valence-corrected chi connectivity index (χ0v) is 13.1. The van der Waals surface area contributed by atoms with Crippen LogP contribution in [0.15, 0.2) is 22.7 Å². The first-order valence-corrected chi connectivity index (χ1v) is 7.86. The molecule has 1 unspecified atom stereocenters. The predicted molar refractivity (Wildman–Crippen MR) is 70.8 cm³/mol. The molecular formula is C10H7BrClF3O5S. The Bertz CT molecular complexity index is 647. The first kappa shape index (κ1) is 18.2. The molecule has 0 amide bonds. The van der Waals surface area contributed by atoms with E-state index < -0.39 is 34.1 Å². The fourth-order valence-electron chi connectivity index (χ4n) is 1.23. The molecule has 0 fully saturated rings. The monoisotopic (exact) mass is 410 g/mol. The van der Waals surface area contributed by atoms with Crippen molar-refractivity contribution in [3.8, 4) is 0 Å². The van der Waals surface area contributed by atoms with E-state index in [0.29, 0.717) is 4.47 Å². The van der Waals surface area contributed by atoms with Crippen LogP contribution in [0.4, 0.5) is 13.2 Å². The topological polar surface area (TPSA) is 80.7 Å². The molecule has 0 radical (unpaired) electrons. The molecular weight excluding hydrogens is 405 g/mol. The van der Waals surface area contributed by atoms with Crippen molar-refractivity contribution in [1.29, 1.82) is 0 Å². The van der Waals surface area contributed by atoms with Crippen molar-refractivity contribution < 1.29 is 35.7 Å². The van der Waals surface area contributed by atoms with Crippen LogP contribution in [-0.2, 0) is 14.9 Å². The highest BCUT2D eigenvalue weighted by Crippen LogP contribution is 2.27. The minimum Gasteiger partial charge on any atom is -0.448 e. The van der Waals surface area contributed by atoms with E-state index in [-0.39, 0.29) is 10.6 Å². The van der Waals surface area contributed by atoms with Gasteiger partial charge in [0.05, 0.1) is 10.6 Å². The number of alkyl halides is 3. The molecule has 21 heavy (non-hydrogen) atoms. The van der Waals surface area contributed by atoms with Gasteiger partial charge in [-0.25, -0.2) is 4.79 Å². The van der Waals surface area contributed by atoms with Crippen LogP contribution in [0.25, 0.3) is 0 Å². The lowest BCUT2D eigenvalue weighted by Crippen LogP contribution is -2.39. The molecule has 1 rings (SSSR count). The number of benzene rings is 1. The van der Waals surface area contributed by atoms with Gasteiger partial charge in [0, 0.05) is 4.47 Å². The molecule has 1 N–H and O–H groups in total. The summed E-state index contributed by atoms with van der Waals surface area (Å²) >= 11 is 8.65. The number of ether oxygens (including phenoxy) is 1. The summed E-state index contributed by atoms with van der Waals surface area (Å²) < 4.78 is 71.9. The Kier molecular flexibility index (Phi) is 5.64. The van der Waals surface area contributed by atoms with E-state index in [1.165, 1.54) is 12.1 Å². The zero-order valence-electron chi connectivity index (χ0n) is 9.89. The Labute approximate surface area is 130 Å². The van der Waals surface area contributed by atoms with Gasteiger partial charge in [-0.2, -0.15) is 21.6 Å². The Balaban J connectivity index is 3.03. The van der Waals surface area contributed by atoms with E-state index in [4.69, 9.17) is 16.2 Å². The minimum atomic E-state index is -5.16. The Morgan fingerprint density at radius 3 is 2.48 bits per heavy atom. The first-order valence-electron chi connectivity index (χ1n) is 5.08. The number of rotatable bonds is 4. The van der Waals surface area contributed by atoms with Gasteiger partial charge in [0.1, 0.15) is 5.75 Å². The Hall–Kier alpha value is -0.840. The minimum absolute atomic E-state index is 0.170. The van der Waals surface area contributed by atoms with Crippen LogP contribution in [0.1, 0.15) is 10.4 Å². The average Bonchev–Trinajstić information content (AvgIpc) is 2.28. The number of hydrogen-bond acceptors (Lipinski definition) is 4. The van der Waals surface area contributed by atoms with Gasteiger partial charge in [0.15, 0.2) is 0 Å². The number of halogens is 5. The SMILES string of the molecule is O=C(OC(CS(=O)(=O)O)C(F)(F)F)c1cc(Br)ccc1Cl. The van der Waals surface area contributed by atoms with E-state index in [0.717, 1.165) is 6.07 Å². The third kappa shape index (κ3) is 5.81. The van der Waals surface area contributed by atoms with Gasteiger partial charge in [0.2, 0.25) is 6.10 Å².